The van der Waals surface area contributed by atoms with Crippen molar-refractivity contribution in [2.24, 2.45) is 0 Å². The molecule has 2 N–H and O–H groups in total. The fourth-order valence-corrected chi connectivity index (χ4v) is 1.75. The Morgan fingerprint density at radius 2 is 2.12 bits per heavy atom. The van der Waals surface area contributed by atoms with Crippen LogP contribution in [-0.2, 0) is 6.54 Å². The third-order valence-electron chi connectivity index (χ3n) is 2.72. The first-order chi connectivity index (χ1) is 7.65. The van der Waals surface area contributed by atoms with Crippen LogP contribution in [0.15, 0.2) is 18.2 Å². The van der Waals surface area contributed by atoms with Crippen molar-refractivity contribution in [1.82, 2.24) is 10.6 Å². The molecule has 16 heavy (non-hydrogen) atoms. The lowest BCUT2D eigenvalue weighted by Gasteiger charge is -2.15. The molecule has 2 nitrogen and oxygen atoms in total. The first-order valence-corrected chi connectivity index (χ1v) is 6.21. The number of rotatable bonds is 6. The maximum Gasteiger partial charge on any atom is 0.0438 e. The molecule has 0 aliphatic rings. The largest absolute Gasteiger partial charge is 0.315 e. The van der Waals surface area contributed by atoms with Gasteiger partial charge >= 0.3 is 0 Å². The highest BCUT2D eigenvalue weighted by Gasteiger charge is 2.04. The summed E-state index contributed by atoms with van der Waals surface area (Å²) < 4.78 is 0. The quantitative estimate of drug-likeness (QED) is 0.799. The van der Waals surface area contributed by atoms with E-state index >= 15 is 0 Å². The lowest BCUT2D eigenvalue weighted by Crippen LogP contribution is -2.35. The molecule has 1 aromatic rings. The Bertz CT molecular complexity index is 326. The van der Waals surface area contributed by atoms with E-state index in [1.54, 1.807) is 0 Å². The summed E-state index contributed by atoms with van der Waals surface area (Å²) in [5, 5.41) is 7.65. The topological polar surface area (TPSA) is 24.1 Å². The van der Waals surface area contributed by atoms with E-state index in [2.05, 4.69) is 37.5 Å². The third-order valence-corrected chi connectivity index (χ3v) is 3.13. The average Bonchev–Trinajstić information content (AvgIpc) is 2.28. The summed E-state index contributed by atoms with van der Waals surface area (Å²) in [7, 11) is 0. The first-order valence-electron chi connectivity index (χ1n) is 5.83. The molecular weight excluding hydrogens is 220 g/mol. The van der Waals surface area contributed by atoms with Gasteiger partial charge in [0.25, 0.3) is 0 Å². The van der Waals surface area contributed by atoms with E-state index in [-0.39, 0.29) is 0 Å². The zero-order chi connectivity index (χ0) is 12.0. The summed E-state index contributed by atoms with van der Waals surface area (Å²) in [6, 6.07) is 6.52. The molecule has 1 unspecified atom stereocenters. The van der Waals surface area contributed by atoms with E-state index in [0.29, 0.717) is 6.04 Å². The van der Waals surface area contributed by atoms with E-state index in [4.69, 9.17) is 11.6 Å². The molecule has 0 heterocycles. The van der Waals surface area contributed by atoms with Crippen molar-refractivity contribution < 1.29 is 0 Å². The summed E-state index contributed by atoms with van der Waals surface area (Å²) in [5.74, 6) is 0. The number of nitrogens with one attached hydrogen (secondary N) is 2. The highest BCUT2D eigenvalue weighted by molar-refractivity contribution is 6.31. The molecule has 0 radical (unpaired) electrons. The van der Waals surface area contributed by atoms with Gasteiger partial charge < -0.3 is 10.6 Å². The van der Waals surface area contributed by atoms with Crippen LogP contribution in [0, 0.1) is 6.92 Å². The summed E-state index contributed by atoms with van der Waals surface area (Å²) in [4.78, 5) is 0. The van der Waals surface area contributed by atoms with Gasteiger partial charge in [-0.3, -0.25) is 0 Å². The Morgan fingerprint density at radius 3 is 2.81 bits per heavy atom. The van der Waals surface area contributed by atoms with Crippen molar-refractivity contribution in [3.8, 4) is 0 Å². The molecule has 0 aromatic heterocycles. The van der Waals surface area contributed by atoms with Gasteiger partial charge in [0, 0.05) is 24.2 Å². The highest BCUT2D eigenvalue weighted by atomic mass is 35.5. The van der Waals surface area contributed by atoms with Crippen LogP contribution in [0.3, 0.4) is 0 Å². The van der Waals surface area contributed by atoms with Gasteiger partial charge in [0.1, 0.15) is 0 Å². The van der Waals surface area contributed by atoms with Crippen molar-refractivity contribution in [2.75, 3.05) is 13.1 Å². The number of hydrogen-bond acceptors (Lipinski definition) is 2. The molecule has 0 aliphatic carbocycles. The Balaban J connectivity index is 2.45. The van der Waals surface area contributed by atoms with Crippen LogP contribution in [0.4, 0.5) is 0 Å². The monoisotopic (exact) mass is 240 g/mol. The molecule has 0 saturated heterocycles. The van der Waals surface area contributed by atoms with Crippen LogP contribution in [0.2, 0.25) is 5.02 Å². The van der Waals surface area contributed by atoms with Crippen LogP contribution in [-0.4, -0.2) is 19.1 Å². The minimum atomic E-state index is 0.471. The minimum absolute atomic E-state index is 0.471. The third kappa shape index (κ3) is 4.12. The summed E-state index contributed by atoms with van der Waals surface area (Å²) >= 11 is 6.07. The van der Waals surface area contributed by atoms with Gasteiger partial charge in [-0.15, -0.1) is 0 Å². The van der Waals surface area contributed by atoms with Gasteiger partial charge in [-0.2, -0.15) is 0 Å². The smallest absolute Gasteiger partial charge is 0.0438 e. The van der Waals surface area contributed by atoms with Gasteiger partial charge in [-0.05, 0) is 37.6 Å². The Morgan fingerprint density at radius 1 is 1.38 bits per heavy atom. The van der Waals surface area contributed by atoms with E-state index in [9.17, 15) is 0 Å². The maximum atomic E-state index is 6.07. The predicted octanol–water partition coefficient (Wildman–Crippen LogP) is 2.74. The van der Waals surface area contributed by atoms with Crippen molar-refractivity contribution in [3.63, 3.8) is 0 Å². The van der Waals surface area contributed by atoms with Gasteiger partial charge in [0.2, 0.25) is 0 Å². The van der Waals surface area contributed by atoms with Crippen LogP contribution in [0.1, 0.15) is 25.0 Å². The molecule has 0 saturated carbocycles. The van der Waals surface area contributed by atoms with Crippen LogP contribution in [0.25, 0.3) is 0 Å². The number of hydrogen-bond donors (Lipinski definition) is 2. The number of benzene rings is 1. The van der Waals surface area contributed by atoms with Crippen LogP contribution < -0.4 is 10.6 Å². The van der Waals surface area contributed by atoms with E-state index in [1.165, 1.54) is 11.1 Å². The molecule has 0 fully saturated rings. The SMILES string of the molecule is CCNCC(C)NCc1cccc(Cl)c1C. The summed E-state index contributed by atoms with van der Waals surface area (Å²) in [6.45, 7) is 9.25. The zero-order valence-corrected chi connectivity index (χ0v) is 11.1. The summed E-state index contributed by atoms with van der Waals surface area (Å²) in [5.41, 5.74) is 2.45. The van der Waals surface area contributed by atoms with Crippen molar-refractivity contribution in [2.45, 2.75) is 33.4 Å². The molecular formula is C13H21ClN2. The standard InChI is InChI=1S/C13H21ClN2/c1-4-15-8-10(2)16-9-12-6-5-7-13(14)11(12)3/h5-7,10,15-16H,4,8-9H2,1-3H3. The molecule has 3 heteroatoms. The molecule has 90 valence electrons. The van der Waals surface area contributed by atoms with Crippen molar-refractivity contribution in [1.29, 1.82) is 0 Å². The Hall–Kier alpha value is -0.570. The molecule has 1 atom stereocenters. The molecule has 0 aliphatic heterocycles. The second-order valence-corrected chi connectivity index (χ2v) is 4.52. The van der Waals surface area contributed by atoms with Crippen molar-refractivity contribution >= 4 is 11.6 Å². The highest BCUT2D eigenvalue weighted by Crippen LogP contribution is 2.18. The predicted molar refractivity (Wildman–Crippen MR) is 71.0 cm³/mol. The van der Waals surface area contributed by atoms with Gasteiger partial charge in [0.05, 0.1) is 0 Å². The second-order valence-electron chi connectivity index (χ2n) is 4.11. The van der Waals surface area contributed by atoms with Crippen LogP contribution in [0.5, 0.6) is 0 Å². The first kappa shape index (κ1) is 13.5. The molecule has 0 amide bonds. The van der Waals surface area contributed by atoms with E-state index < -0.39 is 0 Å². The summed E-state index contributed by atoms with van der Waals surface area (Å²) in [6.07, 6.45) is 0. The van der Waals surface area contributed by atoms with Gasteiger partial charge in [-0.25, -0.2) is 0 Å². The van der Waals surface area contributed by atoms with Gasteiger partial charge in [0.15, 0.2) is 0 Å². The van der Waals surface area contributed by atoms with Gasteiger partial charge in [-0.1, -0.05) is 30.7 Å². The maximum absolute atomic E-state index is 6.07. The Labute approximate surface area is 103 Å². The van der Waals surface area contributed by atoms with Crippen molar-refractivity contribution in [3.05, 3.63) is 34.3 Å². The number of likely N-dealkylation sites (N-methyl/N-ethyl adjacent to an activating group) is 1. The average molecular weight is 241 g/mol. The van der Waals surface area contributed by atoms with E-state index in [1.807, 2.05) is 12.1 Å². The normalized spacial score (nSPS) is 12.8. The molecule has 1 aromatic carbocycles. The fourth-order valence-electron chi connectivity index (χ4n) is 1.56. The zero-order valence-electron chi connectivity index (χ0n) is 10.3. The molecule has 1 rings (SSSR count). The van der Waals surface area contributed by atoms with Crippen LogP contribution >= 0.6 is 11.6 Å². The second kappa shape index (κ2) is 6.89. The lowest BCUT2D eigenvalue weighted by molar-refractivity contribution is 0.508. The number of halogens is 1. The molecule has 0 bridgehead atoms. The minimum Gasteiger partial charge on any atom is -0.315 e. The fraction of sp³-hybridized carbons (Fsp3) is 0.538. The molecule has 0 spiro atoms. The Kier molecular flexibility index (Phi) is 5.81. The lowest BCUT2D eigenvalue weighted by atomic mass is 10.1. The van der Waals surface area contributed by atoms with E-state index in [0.717, 1.165) is 24.7 Å².